The molecule has 0 aliphatic carbocycles. The molecule has 0 saturated carbocycles. The van der Waals surface area contributed by atoms with Crippen LogP contribution >= 0.6 is 11.6 Å². The highest BCUT2D eigenvalue weighted by atomic mass is 35.5. The fourth-order valence-corrected chi connectivity index (χ4v) is 2.57. The molecule has 0 radical (unpaired) electrons. The highest BCUT2D eigenvalue weighted by molar-refractivity contribution is 6.31. The van der Waals surface area contributed by atoms with E-state index in [0.29, 0.717) is 21.9 Å². The van der Waals surface area contributed by atoms with E-state index in [1.54, 1.807) is 30.3 Å². The smallest absolute Gasteiger partial charge is 0.271 e. The van der Waals surface area contributed by atoms with Gasteiger partial charge in [0.25, 0.3) is 5.91 Å². The van der Waals surface area contributed by atoms with Gasteiger partial charge in [-0.05, 0) is 54.1 Å². The van der Waals surface area contributed by atoms with Crippen molar-refractivity contribution in [3.8, 4) is 11.5 Å². The first-order valence-electron chi connectivity index (χ1n) is 8.31. The van der Waals surface area contributed by atoms with Gasteiger partial charge in [0.05, 0.1) is 11.2 Å². The van der Waals surface area contributed by atoms with Crippen molar-refractivity contribution >= 4 is 23.7 Å². The summed E-state index contributed by atoms with van der Waals surface area (Å²) in [6, 6.07) is 17.2. The number of rotatable bonds is 6. The fourth-order valence-electron chi connectivity index (χ4n) is 2.35. The lowest BCUT2D eigenvalue weighted by Crippen LogP contribution is -2.17. The zero-order valence-corrected chi connectivity index (χ0v) is 15.4. The second-order valence-electron chi connectivity index (χ2n) is 5.81. The van der Waals surface area contributed by atoms with Gasteiger partial charge in [0.15, 0.2) is 0 Å². The summed E-state index contributed by atoms with van der Waals surface area (Å²) in [6.45, 7) is -0.0102. The topological polar surface area (TPSA) is 70.9 Å². The Hall–Kier alpha value is -3.38. The fraction of sp³-hybridized carbons (Fsp3) is 0.0476. The third-order valence-corrected chi connectivity index (χ3v) is 4.17. The maximum absolute atomic E-state index is 13.8. The van der Waals surface area contributed by atoms with E-state index in [0.717, 1.165) is 0 Å². The number of phenolic OH excluding ortho intramolecular Hbond substituents is 1. The van der Waals surface area contributed by atoms with Crippen molar-refractivity contribution < 1.29 is 19.0 Å². The maximum atomic E-state index is 13.8. The van der Waals surface area contributed by atoms with Crippen molar-refractivity contribution in [2.45, 2.75) is 6.61 Å². The van der Waals surface area contributed by atoms with Gasteiger partial charge in [-0.2, -0.15) is 5.10 Å². The van der Waals surface area contributed by atoms with Crippen LogP contribution in [0.1, 0.15) is 21.5 Å². The lowest BCUT2D eigenvalue weighted by molar-refractivity contribution is 0.0955. The van der Waals surface area contributed by atoms with E-state index in [9.17, 15) is 14.3 Å². The van der Waals surface area contributed by atoms with Crippen LogP contribution in [0.25, 0.3) is 0 Å². The molecule has 3 aromatic carbocycles. The summed E-state index contributed by atoms with van der Waals surface area (Å²) in [5.41, 5.74) is 3.73. The third kappa shape index (κ3) is 5.08. The summed E-state index contributed by atoms with van der Waals surface area (Å²) in [6.07, 6.45) is 1.46. The van der Waals surface area contributed by atoms with E-state index < -0.39 is 11.7 Å². The molecule has 2 N–H and O–H groups in total. The first-order chi connectivity index (χ1) is 13.5. The van der Waals surface area contributed by atoms with Gasteiger partial charge in [-0.15, -0.1) is 0 Å². The molecule has 142 valence electrons. The van der Waals surface area contributed by atoms with Gasteiger partial charge in [0.1, 0.15) is 23.9 Å². The minimum absolute atomic E-state index is 0.0102. The molecule has 0 heterocycles. The molecule has 3 aromatic rings. The normalized spacial score (nSPS) is 10.8. The van der Waals surface area contributed by atoms with E-state index >= 15 is 0 Å². The van der Waals surface area contributed by atoms with Crippen molar-refractivity contribution in [3.05, 3.63) is 94.3 Å². The number of benzene rings is 3. The van der Waals surface area contributed by atoms with Crippen LogP contribution in [-0.2, 0) is 6.61 Å². The Morgan fingerprint density at radius 3 is 2.64 bits per heavy atom. The van der Waals surface area contributed by atoms with Crippen LogP contribution in [0.2, 0.25) is 5.02 Å². The van der Waals surface area contributed by atoms with Crippen molar-refractivity contribution in [1.29, 1.82) is 0 Å². The zero-order valence-electron chi connectivity index (χ0n) is 14.6. The standard InChI is InChI=1S/C21H16ClFN2O3/c22-19-5-2-6-20(23)18(19)13-28-17-4-1-3-14(11-17)12-24-25-21(27)15-7-9-16(26)10-8-15/h1-12,26H,13H2,(H,25,27)/b24-12+. The third-order valence-electron chi connectivity index (χ3n) is 3.81. The molecule has 28 heavy (non-hydrogen) atoms. The first kappa shape index (κ1) is 19.4. The number of carbonyl (C=O) groups is 1. The number of amides is 1. The van der Waals surface area contributed by atoms with Crippen LogP contribution in [0.3, 0.4) is 0 Å². The Bertz CT molecular complexity index is 987. The number of aromatic hydroxyl groups is 1. The van der Waals surface area contributed by atoms with E-state index in [1.807, 2.05) is 0 Å². The molecule has 0 aromatic heterocycles. The predicted octanol–water partition coefficient (Wildman–Crippen LogP) is 4.53. The summed E-state index contributed by atoms with van der Waals surface area (Å²) in [5, 5.41) is 13.4. The number of carbonyl (C=O) groups excluding carboxylic acids is 1. The Labute approximate surface area is 166 Å². The molecule has 0 spiro atoms. The van der Waals surface area contributed by atoms with Gasteiger partial charge in [-0.25, -0.2) is 9.82 Å². The molecular formula is C21H16ClFN2O3. The van der Waals surface area contributed by atoms with E-state index in [1.165, 1.54) is 42.6 Å². The molecule has 1 amide bonds. The quantitative estimate of drug-likeness (QED) is 0.473. The second kappa shape index (κ2) is 9.01. The lowest BCUT2D eigenvalue weighted by Gasteiger charge is -2.09. The second-order valence-corrected chi connectivity index (χ2v) is 6.21. The lowest BCUT2D eigenvalue weighted by atomic mass is 10.2. The number of halogens is 2. The minimum atomic E-state index is -0.429. The summed E-state index contributed by atoms with van der Waals surface area (Å²) in [7, 11) is 0. The molecular weight excluding hydrogens is 383 g/mol. The zero-order chi connectivity index (χ0) is 19.9. The molecule has 0 saturated heterocycles. The van der Waals surface area contributed by atoms with Crippen LogP contribution < -0.4 is 10.2 Å². The number of hydrazone groups is 1. The first-order valence-corrected chi connectivity index (χ1v) is 8.69. The van der Waals surface area contributed by atoms with Crippen molar-refractivity contribution in [2.24, 2.45) is 5.10 Å². The molecule has 7 heteroatoms. The van der Waals surface area contributed by atoms with Crippen molar-refractivity contribution in [3.63, 3.8) is 0 Å². The molecule has 0 atom stereocenters. The van der Waals surface area contributed by atoms with Gasteiger partial charge in [0.2, 0.25) is 0 Å². The largest absolute Gasteiger partial charge is 0.508 e. The Balaban J connectivity index is 1.60. The van der Waals surface area contributed by atoms with Gasteiger partial charge >= 0.3 is 0 Å². The number of phenols is 1. The molecule has 0 aliphatic heterocycles. The summed E-state index contributed by atoms with van der Waals surface area (Å²) in [5.74, 6) is -0.248. The van der Waals surface area contributed by atoms with Gasteiger partial charge in [-0.1, -0.05) is 29.8 Å². The Morgan fingerprint density at radius 1 is 1.14 bits per heavy atom. The molecule has 5 nitrogen and oxygen atoms in total. The van der Waals surface area contributed by atoms with Crippen molar-refractivity contribution in [2.75, 3.05) is 0 Å². The number of nitrogens with one attached hydrogen (secondary N) is 1. The Morgan fingerprint density at radius 2 is 1.89 bits per heavy atom. The highest BCUT2D eigenvalue weighted by Crippen LogP contribution is 2.21. The van der Waals surface area contributed by atoms with Crippen LogP contribution in [-0.4, -0.2) is 17.2 Å². The average molecular weight is 399 g/mol. The molecule has 0 unspecified atom stereocenters. The number of nitrogens with zero attached hydrogens (tertiary/aromatic N) is 1. The van der Waals surface area contributed by atoms with E-state index in [4.69, 9.17) is 16.3 Å². The number of hydrogen-bond acceptors (Lipinski definition) is 4. The molecule has 0 aliphatic rings. The maximum Gasteiger partial charge on any atom is 0.271 e. The van der Waals surface area contributed by atoms with Gasteiger partial charge in [-0.3, -0.25) is 4.79 Å². The van der Waals surface area contributed by atoms with E-state index in [2.05, 4.69) is 10.5 Å². The van der Waals surface area contributed by atoms with Crippen LogP contribution in [0.15, 0.2) is 71.8 Å². The van der Waals surface area contributed by atoms with E-state index in [-0.39, 0.29) is 17.9 Å². The predicted molar refractivity (Wildman–Crippen MR) is 105 cm³/mol. The molecule has 3 rings (SSSR count). The monoisotopic (exact) mass is 398 g/mol. The highest BCUT2D eigenvalue weighted by Gasteiger charge is 2.08. The van der Waals surface area contributed by atoms with Crippen LogP contribution in [0, 0.1) is 5.82 Å². The average Bonchev–Trinajstić information content (AvgIpc) is 2.68. The number of ether oxygens (including phenoxy) is 1. The Kier molecular flexibility index (Phi) is 6.24. The summed E-state index contributed by atoms with van der Waals surface area (Å²) < 4.78 is 19.4. The summed E-state index contributed by atoms with van der Waals surface area (Å²) >= 11 is 5.99. The molecule has 0 bridgehead atoms. The van der Waals surface area contributed by atoms with Crippen molar-refractivity contribution in [1.82, 2.24) is 5.43 Å². The van der Waals surface area contributed by atoms with Crippen LogP contribution in [0.4, 0.5) is 4.39 Å². The summed E-state index contributed by atoms with van der Waals surface area (Å²) in [4.78, 5) is 12.0. The van der Waals surface area contributed by atoms with Gasteiger partial charge < -0.3 is 9.84 Å². The number of hydrogen-bond donors (Lipinski definition) is 2. The SMILES string of the molecule is O=C(N/N=C/c1cccc(OCc2c(F)cccc2Cl)c1)c1ccc(O)cc1. The minimum Gasteiger partial charge on any atom is -0.508 e. The van der Waals surface area contributed by atoms with Gasteiger partial charge in [0, 0.05) is 11.1 Å². The molecule has 0 fully saturated rings. The van der Waals surface area contributed by atoms with Crippen LogP contribution in [0.5, 0.6) is 11.5 Å².